The number of carbonyl (C=O) groups excluding carboxylic acids is 1. The lowest BCUT2D eigenvalue weighted by Gasteiger charge is -2.13. The zero-order valence-corrected chi connectivity index (χ0v) is 11.6. The molecule has 1 aromatic carbocycles. The topological polar surface area (TPSA) is 85.8 Å². The minimum Gasteiger partial charge on any atom is -0.324 e. The fourth-order valence-electron chi connectivity index (χ4n) is 1.59. The molecular formula is C13H15F2N5O. The van der Waals surface area contributed by atoms with Crippen molar-refractivity contribution < 1.29 is 13.6 Å². The standard InChI is InChI=1S/C13H15F2N5O/c1-13(2,16)11-6-20(19-18-11)7-12(21)17-8-3-4-9(14)10(15)5-8/h3-6H,7,16H2,1-2H3,(H,17,21). The van der Waals surface area contributed by atoms with Crippen molar-refractivity contribution in [3.8, 4) is 0 Å². The van der Waals surface area contributed by atoms with E-state index in [-0.39, 0.29) is 12.2 Å². The fourth-order valence-corrected chi connectivity index (χ4v) is 1.59. The van der Waals surface area contributed by atoms with Crippen LogP contribution < -0.4 is 11.1 Å². The summed E-state index contributed by atoms with van der Waals surface area (Å²) in [5.74, 6) is -2.44. The average molecular weight is 295 g/mol. The summed E-state index contributed by atoms with van der Waals surface area (Å²) in [6.45, 7) is 3.42. The molecule has 0 aliphatic heterocycles. The van der Waals surface area contributed by atoms with Crippen LogP contribution >= 0.6 is 0 Å². The van der Waals surface area contributed by atoms with E-state index in [2.05, 4.69) is 15.6 Å². The number of aromatic nitrogens is 3. The van der Waals surface area contributed by atoms with Crippen molar-refractivity contribution in [3.05, 3.63) is 41.7 Å². The number of hydrogen-bond acceptors (Lipinski definition) is 4. The number of carbonyl (C=O) groups is 1. The van der Waals surface area contributed by atoms with Crippen LogP contribution in [-0.4, -0.2) is 20.9 Å². The molecule has 0 spiro atoms. The molecule has 0 atom stereocenters. The zero-order chi connectivity index (χ0) is 15.6. The van der Waals surface area contributed by atoms with Crippen LogP contribution in [0.1, 0.15) is 19.5 Å². The van der Waals surface area contributed by atoms with Crippen molar-refractivity contribution in [2.75, 3.05) is 5.32 Å². The Morgan fingerprint density at radius 1 is 1.38 bits per heavy atom. The molecule has 1 heterocycles. The smallest absolute Gasteiger partial charge is 0.246 e. The number of hydrogen-bond donors (Lipinski definition) is 2. The molecule has 1 aromatic heterocycles. The molecule has 0 radical (unpaired) electrons. The summed E-state index contributed by atoms with van der Waals surface area (Å²) >= 11 is 0. The summed E-state index contributed by atoms with van der Waals surface area (Å²) in [5.41, 5.74) is 5.91. The Morgan fingerprint density at radius 2 is 2.10 bits per heavy atom. The van der Waals surface area contributed by atoms with Gasteiger partial charge in [0.05, 0.1) is 11.7 Å². The van der Waals surface area contributed by atoms with Crippen molar-refractivity contribution in [1.29, 1.82) is 0 Å². The largest absolute Gasteiger partial charge is 0.324 e. The first-order valence-corrected chi connectivity index (χ1v) is 6.20. The molecule has 3 N–H and O–H groups in total. The lowest BCUT2D eigenvalue weighted by molar-refractivity contribution is -0.116. The van der Waals surface area contributed by atoms with E-state index in [0.29, 0.717) is 5.69 Å². The van der Waals surface area contributed by atoms with Crippen LogP contribution in [0.25, 0.3) is 0 Å². The Bertz CT molecular complexity index is 663. The summed E-state index contributed by atoms with van der Waals surface area (Å²) in [4.78, 5) is 11.8. The van der Waals surface area contributed by atoms with Crippen LogP contribution in [0, 0.1) is 11.6 Å². The van der Waals surface area contributed by atoms with E-state index >= 15 is 0 Å². The molecule has 8 heteroatoms. The number of benzene rings is 1. The van der Waals surface area contributed by atoms with Gasteiger partial charge >= 0.3 is 0 Å². The van der Waals surface area contributed by atoms with Crippen molar-refractivity contribution in [3.63, 3.8) is 0 Å². The lowest BCUT2D eigenvalue weighted by Crippen LogP contribution is -2.29. The van der Waals surface area contributed by atoms with Crippen LogP contribution in [0.2, 0.25) is 0 Å². The van der Waals surface area contributed by atoms with Crippen molar-refractivity contribution in [2.24, 2.45) is 5.73 Å². The number of nitrogens with two attached hydrogens (primary N) is 1. The third-order valence-electron chi connectivity index (χ3n) is 2.71. The first-order valence-electron chi connectivity index (χ1n) is 6.20. The van der Waals surface area contributed by atoms with E-state index in [1.165, 1.54) is 10.7 Å². The highest BCUT2D eigenvalue weighted by Gasteiger charge is 2.19. The highest BCUT2D eigenvalue weighted by molar-refractivity contribution is 5.90. The second-order valence-electron chi connectivity index (χ2n) is 5.20. The molecule has 0 bridgehead atoms. The minimum atomic E-state index is -1.03. The summed E-state index contributed by atoms with van der Waals surface area (Å²) in [6.07, 6.45) is 1.56. The highest BCUT2D eigenvalue weighted by Crippen LogP contribution is 2.14. The highest BCUT2D eigenvalue weighted by atomic mass is 19.2. The normalized spacial score (nSPS) is 11.5. The van der Waals surface area contributed by atoms with Gasteiger partial charge in [-0.15, -0.1) is 5.10 Å². The molecule has 6 nitrogen and oxygen atoms in total. The molecule has 0 aliphatic carbocycles. The Kier molecular flexibility index (Phi) is 3.99. The monoisotopic (exact) mass is 295 g/mol. The summed E-state index contributed by atoms with van der Waals surface area (Å²) in [7, 11) is 0. The average Bonchev–Trinajstić information content (AvgIpc) is 2.82. The second kappa shape index (κ2) is 5.57. The molecular weight excluding hydrogens is 280 g/mol. The predicted octanol–water partition coefficient (Wildman–Crippen LogP) is 1.39. The maximum absolute atomic E-state index is 13.0. The molecule has 0 fully saturated rings. The van der Waals surface area contributed by atoms with Gasteiger partial charge in [-0.3, -0.25) is 4.79 Å². The summed E-state index contributed by atoms with van der Waals surface area (Å²) < 4.78 is 27.1. The number of anilines is 1. The first-order chi connectivity index (χ1) is 9.75. The van der Waals surface area contributed by atoms with Crippen LogP contribution in [0.3, 0.4) is 0 Å². The van der Waals surface area contributed by atoms with Crippen LogP contribution in [-0.2, 0) is 16.9 Å². The third kappa shape index (κ3) is 3.82. The number of amides is 1. The van der Waals surface area contributed by atoms with Crippen LogP contribution in [0.5, 0.6) is 0 Å². The fraction of sp³-hybridized carbons (Fsp3) is 0.308. The maximum Gasteiger partial charge on any atom is 0.246 e. The number of rotatable bonds is 4. The van der Waals surface area contributed by atoms with Gasteiger partial charge in [-0.25, -0.2) is 13.5 Å². The van der Waals surface area contributed by atoms with Crippen LogP contribution in [0.4, 0.5) is 14.5 Å². The van der Waals surface area contributed by atoms with Crippen molar-refractivity contribution in [1.82, 2.24) is 15.0 Å². The van der Waals surface area contributed by atoms with E-state index in [4.69, 9.17) is 5.73 Å². The molecule has 0 saturated heterocycles. The molecule has 0 saturated carbocycles. The van der Waals surface area contributed by atoms with E-state index < -0.39 is 23.1 Å². The van der Waals surface area contributed by atoms with Crippen molar-refractivity contribution in [2.45, 2.75) is 25.9 Å². The molecule has 112 valence electrons. The second-order valence-corrected chi connectivity index (χ2v) is 5.20. The van der Waals surface area contributed by atoms with Gasteiger partial charge in [0.15, 0.2) is 11.6 Å². The summed E-state index contributed by atoms with van der Waals surface area (Å²) in [5, 5.41) is 10.1. The number of halogens is 2. The minimum absolute atomic E-state index is 0.109. The van der Waals surface area contributed by atoms with Gasteiger partial charge < -0.3 is 11.1 Å². The van der Waals surface area contributed by atoms with Gasteiger partial charge in [-0.1, -0.05) is 5.21 Å². The maximum atomic E-state index is 13.0. The van der Waals surface area contributed by atoms with Crippen LogP contribution in [0.15, 0.2) is 24.4 Å². The Balaban J connectivity index is 2.01. The van der Waals surface area contributed by atoms with E-state index in [1.54, 1.807) is 20.0 Å². The molecule has 0 aliphatic rings. The van der Waals surface area contributed by atoms with Gasteiger partial charge in [-0.2, -0.15) is 0 Å². The first kappa shape index (κ1) is 15.0. The molecule has 2 rings (SSSR count). The number of nitrogens with zero attached hydrogens (tertiary/aromatic N) is 3. The molecule has 21 heavy (non-hydrogen) atoms. The van der Waals surface area contributed by atoms with E-state index in [1.807, 2.05) is 0 Å². The SMILES string of the molecule is CC(C)(N)c1cn(CC(=O)Nc2ccc(F)c(F)c2)nn1. The Hall–Kier alpha value is -2.35. The lowest BCUT2D eigenvalue weighted by atomic mass is 10.0. The van der Waals surface area contributed by atoms with E-state index in [0.717, 1.165) is 12.1 Å². The van der Waals surface area contributed by atoms with Gasteiger partial charge in [0.2, 0.25) is 5.91 Å². The number of nitrogens with one attached hydrogen (secondary N) is 1. The molecule has 0 unspecified atom stereocenters. The summed E-state index contributed by atoms with van der Waals surface area (Å²) in [6, 6.07) is 3.12. The zero-order valence-electron chi connectivity index (χ0n) is 11.6. The predicted molar refractivity (Wildman–Crippen MR) is 72.2 cm³/mol. The Morgan fingerprint density at radius 3 is 2.67 bits per heavy atom. The molecule has 2 aromatic rings. The van der Waals surface area contributed by atoms with Gasteiger partial charge in [0.1, 0.15) is 12.2 Å². The van der Waals surface area contributed by atoms with Gasteiger partial charge in [-0.05, 0) is 26.0 Å². The molecule has 1 amide bonds. The Labute approximate surface area is 119 Å². The quantitative estimate of drug-likeness (QED) is 0.892. The third-order valence-corrected chi connectivity index (χ3v) is 2.71. The van der Waals surface area contributed by atoms with Gasteiger partial charge in [0, 0.05) is 11.8 Å². The van der Waals surface area contributed by atoms with Crippen molar-refractivity contribution >= 4 is 11.6 Å². The van der Waals surface area contributed by atoms with E-state index in [9.17, 15) is 13.6 Å². The van der Waals surface area contributed by atoms with Gasteiger partial charge in [0.25, 0.3) is 0 Å².